The van der Waals surface area contributed by atoms with Gasteiger partial charge in [0.25, 0.3) is 0 Å². The zero-order chi connectivity index (χ0) is 17.2. The van der Waals surface area contributed by atoms with Crippen LogP contribution in [0.15, 0.2) is 36.9 Å². The van der Waals surface area contributed by atoms with E-state index in [1.807, 2.05) is 16.9 Å². The van der Waals surface area contributed by atoms with Gasteiger partial charge in [-0.15, -0.1) is 0 Å². The molecule has 130 valence electrons. The Balaban J connectivity index is 1.65. The van der Waals surface area contributed by atoms with Crippen LogP contribution in [0.3, 0.4) is 0 Å². The van der Waals surface area contributed by atoms with Gasteiger partial charge in [-0.3, -0.25) is 4.68 Å². The predicted molar refractivity (Wildman–Crippen MR) is 97.5 cm³/mol. The number of ether oxygens (including phenoxy) is 1. The normalized spacial score (nSPS) is 20.7. The van der Waals surface area contributed by atoms with Gasteiger partial charge in [0.05, 0.1) is 17.8 Å². The number of hydrogen-bond donors (Lipinski definition) is 1. The van der Waals surface area contributed by atoms with Gasteiger partial charge in [-0.1, -0.05) is 12.1 Å². The zero-order valence-corrected chi connectivity index (χ0v) is 14.6. The maximum Gasteiger partial charge on any atom is 0.137 e. The van der Waals surface area contributed by atoms with Gasteiger partial charge >= 0.3 is 0 Å². The van der Waals surface area contributed by atoms with E-state index in [9.17, 15) is 0 Å². The van der Waals surface area contributed by atoms with Gasteiger partial charge in [-0.05, 0) is 38.3 Å². The Hall–Kier alpha value is -2.47. The molecule has 0 spiro atoms. The molecule has 0 amide bonds. The average molecular weight is 337 g/mol. The summed E-state index contributed by atoms with van der Waals surface area (Å²) in [5.41, 5.74) is 3.27. The topological polar surface area (TPSA) is 64.9 Å². The molecule has 2 atom stereocenters. The van der Waals surface area contributed by atoms with Crippen LogP contribution in [0.5, 0.6) is 0 Å². The number of aromatic nitrogens is 4. The van der Waals surface area contributed by atoms with E-state index in [0.29, 0.717) is 0 Å². The summed E-state index contributed by atoms with van der Waals surface area (Å²) in [6.45, 7) is 5.80. The van der Waals surface area contributed by atoms with Crippen molar-refractivity contribution in [2.24, 2.45) is 0 Å². The van der Waals surface area contributed by atoms with Crippen LogP contribution in [-0.2, 0) is 11.3 Å². The maximum absolute atomic E-state index is 6.08. The smallest absolute Gasteiger partial charge is 0.137 e. The van der Waals surface area contributed by atoms with Gasteiger partial charge in [0, 0.05) is 30.3 Å². The van der Waals surface area contributed by atoms with Crippen LogP contribution in [0.2, 0.25) is 0 Å². The van der Waals surface area contributed by atoms with Crippen LogP contribution in [0.1, 0.15) is 37.0 Å². The van der Waals surface area contributed by atoms with Crippen LogP contribution in [0, 0.1) is 6.92 Å². The van der Waals surface area contributed by atoms with Gasteiger partial charge < -0.3 is 10.1 Å². The Kier molecular flexibility index (Phi) is 4.36. The summed E-state index contributed by atoms with van der Waals surface area (Å²) in [7, 11) is 0. The van der Waals surface area contributed by atoms with E-state index < -0.39 is 0 Å². The lowest BCUT2D eigenvalue weighted by Crippen LogP contribution is -2.34. The van der Waals surface area contributed by atoms with E-state index in [4.69, 9.17) is 4.74 Å². The molecule has 1 saturated heterocycles. The minimum absolute atomic E-state index is 0.0103. The molecule has 3 aromatic rings. The summed E-state index contributed by atoms with van der Waals surface area (Å²) < 4.78 is 8.02. The molecule has 2 aromatic heterocycles. The SMILES string of the molecule is CCn1cc([C@H]2OCCC[C@@H]2Nc2ncnc3c(C)cccc23)cn1. The summed E-state index contributed by atoms with van der Waals surface area (Å²) in [5, 5.41) is 9.06. The Morgan fingerprint density at radius 1 is 1.32 bits per heavy atom. The molecule has 0 unspecified atom stereocenters. The van der Waals surface area contributed by atoms with Crippen molar-refractivity contribution in [2.45, 2.75) is 45.4 Å². The fourth-order valence-electron chi connectivity index (χ4n) is 3.48. The fraction of sp³-hybridized carbons (Fsp3) is 0.421. The number of fused-ring (bicyclic) bond motifs is 1. The highest BCUT2D eigenvalue weighted by Crippen LogP contribution is 2.32. The van der Waals surface area contributed by atoms with Gasteiger partial charge in [0.15, 0.2) is 0 Å². The van der Waals surface area contributed by atoms with E-state index in [1.165, 1.54) is 0 Å². The van der Waals surface area contributed by atoms with Gasteiger partial charge in [-0.2, -0.15) is 5.10 Å². The molecule has 1 aliphatic rings. The van der Waals surface area contributed by atoms with E-state index >= 15 is 0 Å². The van der Waals surface area contributed by atoms with E-state index in [2.05, 4.69) is 52.6 Å². The lowest BCUT2D eigenvalue weighted by atomic mass is 9.98. The third kappa shape index (κ3) is 3.09. The van der Waals surface area contributed by atoms with Crippen LogP contribution in [0.4, 0.5) is 5.82 Å². The summed E-state index contributed by atoms with van der Waals surface area (Å²) >= 11 is 0. The van der Waals surface area contributed by atoms with Gasteiger partial charge in [0.2, 0.25) is 0 Å². The molecule has 1 aromatic carbocycles. The molecule has 0 radical (unpaired) electrons. The number of benzene rings is 1. The summed E-state index contributed by atoms with van der Waals surface area (Å²) in [6, 6.07) is 6.36. The highest BCUT2D eigenvalue weighted by Gasteiger charge is 2.29. The summed E-state index contributed by atoms with van der Waals surface area (Å²) in [5.74, 6) is 0.872. The molecule has 0 saturated carbocycles. The van der Waals surface area contributed by atoms with Crippen LogP contribution in [0.25, 0.3) is 10.9 Å². The average Bonchev–Trinajstić information content (AvgIpc) is 3.12. The van der Waals surface area contributed by atoms with E-state index in [1.54, 1.807) is 6.33 Å². The van der Waals surface area contributed by atoms with Crippen LogP contribution >= 0.6 is 0 Å². The van der Waals surface area contributed by atoms with Crippen molar-refractivity contribution in [3.8, 4) is 0 Å². The Labute approximate surface area is 147 Å². The van der Waals surface area contributed by atoms with E-state index in [-0.39, 0.29) is 12.1 Å². The number of nitrogens with one attached hydrogen (secondary N) is 1. The second-order valence-corrected chi connectivity index (χ2v) is 6.51. The Morgan fingerprint density at radius 3 is 3.08 bits per heavy atom. The highest BCUT2D eigenvalue weighted by atomic mass is 16.5. The molecular formula is C19H23N5O. The number of anilines is 1. The molecule has 4 rings (SSSR count). The van der Waals surface area contributed by atoms with Crippen LogP contribution in [-0.4, -0.2) is 32.4 Å². The van der Waals surface area contributed by atoms with Crippen molar-refractivity contribution in [3.05, 3.63) is 48.0 Å². The van der Waals surface area contributed by atoms with Crippen molar-refractivity contribution >= 4 is 16.7 Å². The van der Waals surface area contributed by atoms with Crippen molar-refractivity contribution in [3.63, 3.8) is 0 Å². The third-order valence-electron chi connectivity index (χ3n) is 4.82. The number of hydrogen-bond acceptors (Lipinski definition) is 5. The minimum atomic E-state index is -0.0103. The highest BCUT2D eigenvalue weighted by molar-refractivity contribution is 5.90. The van der Waals surface area contributed by atoms with Crippen molar-refractivity contribution in [2.75, 3.05) is 11.9 Å². The Bertz CT molecular complexity index is 875. The molecule has 6 heteroatoms. The molecule has 3 heterocycles. The summed E-state index contributed by atoms with van der Waals surface area (Å²) in [4.78, 5) is 8.92. The molecule has 25 heavy (non-hydrogen) atoms. The molecule has 1 aliphatic heterocycles. The van der Waals surface area contributed by atoms with E-state index in [0.717, 1.165) is 53.8 Å². The van der Waals surface area contributed by atoms with Crippen molar-refractivity contribution in [1.29, 1.82) is 0 Å². The first-order chi connectivity index (χ1) is 12.3. The molecule has 6 nitrogen and oxygen atoms in total. The van der Waals surface area contributed by atoms with Crippen LogP contribution < -0.4 is 5.32 Å². The quantitative estimate of drug-likeness (QED) is 0.789. The molecular weight excluding hydrogens is 314 g/mol. The van der Waals surface area contributed by atoms with Crippen molar-refractivity contribution < 1.29 is 4.74 Å². The third-order valence-corrected chi connectivity index (χ3v) is 4.82. The predicted octanol–water partition coefficient (Wildman–Crippen LogP) is 3.49. The zero-order valence-electron chi connectivity index (χ0n) is 14.6. The lowest BCUT2D eigenvalue weighted by molar-refractivity contribution is 0.00554. The molecule has 1 N–H and O–H groups in total. The fourth-order valence-corrected chi connectivity index (χ4v) is 3.48. The van der Waals surface area contributed by atoms with Crippen molar-refractivity contribution in [1.82, 2.24) is 19.7 Å². The second kappa shape index (κ2) is 6.80. The minimum Gasteiger partial charge on any atom is -0.371 e. The number of rotatable bonds is 4. The number of para-hydroxylation sites is 1. The first-order valence-electron chi connectivity index (χ1n) is 8.87. The second-order valence-electron chi connectivity index (χ2n) is 6.51. The largest absolute Gasteiger partial charge is 0.371 e. The standard InChI is InChI=1S/C19H23N5O/c1-3-24-11-14(10-22-24)18-16(8-5-9-25-18)23-19-15-7-4-6-13(2)17(15)20-12-21-19/h4,6-7,10-12,16,18H,3,5,8-9H2,1-2H3,(H,20,21,23)/t16-,18+/m0/s1. The molecule has 0 aliphatic carbocycles. The summed E-state index contributed by atoms with van der Waals surface area (Å²) in [6.07, 6.45) is 7.69. The van der Waals surface area contributed by atoms with Gasteiger partial charge in [-0.25, -0.2) is 9.97 Å². The lowest BCUT2D eigenvalue weighted by Gasteiger charge is -2.32. The monoisotopic (exact) mass is 337 g/mol. The number of nitrogens with zero attached hydrogens (tertiary/aromatic N) is 4. The first-order valence-corrected chi connectivity index (χ1v) is 8.87. The number of aryl methyl sites for hydroxylation is 2. The maximum atomic E-state index is 6.08. The van der Waals surface area contributed by atoms with Gasteiger partial charge in [0.1, 0.15) is 18.2 Å². The first kappa shape index (κ1) is 16.0. The molecule has 0 bridgehead atoms. The Morgan fingerprint density at radius 2 is 2.24 bits per heavy atom. The molecule has 1 fully saturated rings.